The molecule has 0 aromatic heterocycles. The van der Waals surface area contributed by atoms with E-state index in [4.69, 9.17) is 0 Å². The Kier molecular flexibility index (Phi) is 8.24. The van der Waals surface area contributed by atoms with Gasteiger partial charge in [-0.15, -0.1) is 0 Å². The minimum atomic E-state index is -0.551. The van der Waals surface area contributed by atoms with Gasteiger partial charge in [-0.1, -0.05) is 59.3 Å². The Morgan fingerprint density at radius 1 is 1.11 bits per heavy atom. The topological polar surface area (TPSA) is 49.4 Å². The molecule has 0 aliphatic rings. The third-order valence-electron chi connectivity index (χ3n) is 5.01. The van der Waals surface area contributed by atoms with Gasteiger partial charge in [0.05, 0.1) is 6.42 Å². The van der Waals surface area contributed by atoms with Gasteiger partial charge in [0.25, 0.3) is 0 Å². The fourth-order valence-electron chi connectivity index (χ4n) is 2.95. The molecule has 2 amide bonds. The molecule has 0 spiro atoms. The molecule has 28 heavy (non-hydrogen) atoms. The van der Waals surface area contributed by atoms with Crippen LogP contribution in [0.2, 0.25) is 0 Å². The Balaban J connectivity index is 2.25. The minimum Gasteiger partial charge on any atom is -0.352 e. The third kappa shape index (κ3) is 6.20. The normalized spacial score (nSPS) is 12.9. The van der Waals surface area contributed by atoms with E-state index in [-0.39, 0.29) is 24.3 Å². The first-order chi connectivity index (χ1) is 13.3. The molecule has 0 aliphatic heterocycles. The molecule has 2 rings (SSSR count). The molecule has 0 heterocycles. The summed E-state index contributed by atoms with van der Waals surface area (Å²) in [6.45, 7) is 8.18. The van der Waals surface area contributed by atoms with Crippen molar-refractivity contribution in [3.63, 3.8) is 0 Å². The van der Waals surface area contributed by atoms with Crippen molar-refractivity contribution < 1.29 is 9.59 Å². The predicted molar refractivity (Wildman–Crippen MR) is 117 cm³/mol. The molecule has 5 heteroatoms. The van der Waals surface area contributed by atoms with Gasteiger partial charge in [-0.25, -0.2) is 0 Å². The molecule has 0 saturated heterocycles. The number of amides is 2. The van der Waals surface area contributed by atoms with Crippen molar-refractivity contribution in [2.75, 3.05) is 0 Å². The zero-order valence-electron chi connectivity index (χ0n) is 17.0. The molecule has 150 valence electrons. The van der Waals surface area contributed by atoms with E-state index in [0.717, 1.165) is 27.6 Å². The van der Waals surface area contributed by atoms with Gasteiger partial charge in [-0.2, -0.15) is 0 Å². The van der Waals surface area contributed by atoms with Crippen LogP contribution in [0.3, 0.4) is 0 Å². The molecule has 0 fully saturated rings. The largest absolute Gasteiger partial charge is 0.352 e. The van der Waals surface area contributed by atoms with E-state index in [9.17, 15) is 9.59 Å². The molecule has 0 aliphatic carbocycles. The number of aryl methyl sites for hydroxylation is 1. The summed E-state index contributed by atoms with van der Waals surface area (Å²) in [5.74, 6) is -0.177. The van der Waals surface area contributed by atoms with E-state index >= 15 is 0 Å². The quantitative estimate of drug-likeness (QED) is 0.644. The zero-order valence-corrected chi connectivity index (χ0v) is 18.6. The van der Waals surface area contributed by atoms with Crippen molar-refractivity contribution in [1.82, 2.24) is 10.2 Å². The first-order valence-electron chi connectivity index (χ1n) is 9.70. The second-order valence-electron chi connectivity index (χ2n) is 7.25. The second kappa shape index (κ2) is 10.4. The first-order valence-corrected chi connectivity index (χ1v) is 10.5. The molecule has 2 atom stereocenters. The van der Waals surface area contributed by atoms with Crippen molar-refractivity contribution in [3.8, 4) is 0 Å². The first kappa shape index (κ1) is 22.2. The summed E-state index contributed by atoms with van der Waals surface area (Å²) in [6.07, 6.45) is 1.13. The number of nitrogens with zero attached hydrogens (tertiary/aromatic N) is 1. The lowest BCUT2D eigenvalue weighted by molar-refractivity contribution is -0.140. The highest BCUT2D eigenvalue weighted by atomic mass is 79.9. The number of hydrogen-bond donors (Lipinski definition) is 1. The van der Waals surface area contributed by atoms with Crippen LogP contribution in [0.4, 0.5) is 0 Å². The van der Waals surface area contributed by atoms with E-state index < -0.39 is 6.04 Å². The van der Waals surface area contributed by atoms with E-state index in [1.54, 1.807) is 11.8 Å². The summed E-state index contributed by atoms with van der Waals surface area (Å²) >= 11 is 3.48. The van der Waals surface area contributed by atoms with Gasteiger partial charge in [0.15, 0.2) is 0 Å². The van der Waals surface area contributed by atoms with Gasteiger partial charge in [-0.05, 0) is 56.0 Å². The second-order valence-corrected chi connectivity index (χ2v) is 8.16. The van der Waals surface area contributed by atoms with Gasteiger partial charge in [0, 0.05) is 17.1 Å². The molecule has 0 unspecified atom stereocenters. The van der Waals surface area contributed by atoms with Gasteiger partial charge in [0.2, 0.25) is 11.8 Å². The van der Waals surface area contributed by atoms with E-state index in [1.165, 1.54) is 0 Å². The van der Waals surface area contributed by atoms with Gasteiger partial charge < -0.3 is 10.2 Å². The number of halogens is 1. The van der Waals surface area contributed by atoms with Crippen LogP contribution in [0.25, 0.3) is 0 Å². The lowest BCUT2D eigenvalue weighted by atomic mass is 10.0. The van der Waals surface area contributed by atoms with Crippen molar-refractivity contribution in [3.05, 3.63) is 69.7 Å². The maximum Gasteiger partial charge on any atom is 0.242 e. The van der Waals surface area contributed by atoms with Crippen LogP contribution in [0.5, 0.6) is 0 Å². The van der Waals surface area contributed by atoms with E-state index in [1.807, 2.05) is 69.3 Å². The monoisotopic (exact) mass is 444 g/mol. The molecule has 0 bridgehead atoms. The van der Waals surface area contributed by atoms with Crippen LogP contribution in [0.1, 0.15) is 43.9 Å². The van der Waals surface area contributed by atoms with Crippen molar-refractivity contribution in [2.24, 2.45) is 0 Å². The highest BCUT2D eigenvalue weighted by molar-refractivity contribution is 9.10. The lowest BCUT2D eigenvalue weighted by Gasteiger charge is -2.30. The highest BCUT2D eigenvalue weighted by Gasteiger charge is 2.27. The van der Waals surface area contributed by atoms with Crippen LogP contribution in [0, 0.1) is 6.92 Å². The van der Waals surface area contributed by atoms with Crippen molar-refractivity contribution in [2.45, 2.75) is 59.2 Å². The fraction of sp³-hybridized carbons (Fsp3) is 0.391. The number of carbonyl (C=O) groups excluding carboxylic acids is 2. The van der Waals surface area contributed by atoms with E-state index in [0.29, 0.717) is 6.54 Å². The SMILES string of the molecule is CC[C@@H](C)NC(=O)[C@H](C)N(Cc1cccc(Br)c1)C(=O)Cc1ccccc1C. The Labute approximate surface area is 176 Å². The van der Waals surface area contributed by atoms with Crippen LogP contribution in [0.15, 0.2) is 53.0 Å². The van der Waals surface area contributed by atoms with Crippen LogP contribution >= 0.6 is 15.9 Å². The lowest BCUT2D eigenvalue weighted by Crippen LogP contribution is -2.49. The highest BCUT2D eigenvalue weighted by Crippen LogP contribution is 2.17. The standard InChI is InChI=1S/C23H29BrN2O2/c1-5-17(3)25-23(28)18(4)26(15-19-10-8-12-21(24)13-19)22(27)14-20-11-7-6-9-16(20)2/h6-13,17-18H,5,14-15H2,1-4H3,(H,25,28)/t17-,18+/m1/s1. The summed E-state index contributed by atoms with van der Waals surface area (Å²) in [6, 6.07) is 15.2. The number of carbonyl (C=O) groups is 2. The smallest absolute Gasteiger partial charge is 0.242 e. The Hall–Kier alpha value is -2.14. The maximum atomic E-state index is 13.2. The molecular formula is C23H29BrN2O2. The number of benzene rings is 2. The van der Waals surface area contributed by atoms with Crippen LogP contribution in [-0.2, 0) is 22.6 Å². The molecule has 1 N–H and O–H groups in total. The van der Waals surface area contributed by atoms with Gasteiger partial charge in [-0.3, -0.25) is 9.59 Å². The molecule has 0 radical (unpaired) electrons. The third-order valence-corrected chi connectivity index (χ3v) is 5.51. The van der Waals surface area contributed by atoms with Crippen LogP contribution in [-0.4, -0.2) is 28.8 Å². The molecule has 4 nitrogen and oxygen atoms in total. The van der Waals surface area contributed by atoms with Gasteiger partial charge >= 0.3 is 0 Å². The predicted octanol–water partition coefficient (Wildman–Crippen LogP) is 4.63. The molecular weight excluding hydrogens is 416 g/mol. The summed E-state index contributed by atoms with van der Waals surface area (Å²) < 4.78 is 0.952. The number of nitrogens with one attached hydrogen (secondary N) is 1. The van der Waals surface area contributed by atoms with Crippen molar-refractivity contribution in [1.29, 1.82) is 0 Å². The average molecular weight is 445 g/mol. The fourth-order valence-corrected chi connectivity index (χ4v) is 3.40. The minimum absolute atomic E-state index is 0.0546. The summed E-state index contributed by atoms with van der Waals surface area (Å²) in [5, 5.41) is 2.99. The van der Waals surface area contributed by atoms with E-state index in [2.05, 4.69) is 21.2 Å². The van der Waals surface area contributed by atoms with Gasteiger partial charge in [0.1, 0.15) is 6.04 Å². The Morgan fingerprint density at radius 2 is 1.82 bits per heavy atom. The molecule has 0 saturated carbocycles. The van der Waals surface area contributed by atoms with Crippen molar-refractivity contribution >= 4 is 27.7 Å². The zero-order chi connectivity index (χ0) is 20.7. The average Bonchev–Trinajstić information content (AvgIpc) is 2.67. The molecule has 2 aromatic carbocycles. The summed E-state index contributed by atoms with van der Waals surface area (Å²) in [4.78, 5) is 27.6. The summed E-state index contributed by atoms with van der Waals surface area (Å²) in [7, 11) is 0. The Morgan fingerprint density at radius 3 is 2.46 bits per heavy atom. The number of rotatable bonds is 8. The van der Waals surface area contributed by atoms with Crippen LogP contribution < -0.4 is 5.32 Å². The summed E-state index contributed by atoms with van der Waals surface area (Å²) in [5.41, 5.74) is 3.05. The number of hydrogen-bond acceptors (Lipinski definition) is 2. The Bertz CT molecular complexity index is 822. The maximum absolute atomic E-state index is 13.2. The molecule has 2 aromatic rings.